The fraction of sp³-hybridized carbons (Fsp3) is 0.625. The molecule has 2 unspecified atom stereocenters. The molecule has 0 aromatic heterocycles. The van der Waals surface area contributed by atoms with Crippen molar-refractivity contribution in [3.05, 3.63) is 34.1 Å². The quantitative estimate of drug-likeness (QED) is 0.901. The van der Waals surface area contributed by atoms with Gasteiger partial charge in [0.25, 0.3) is 0 Å². The van der Waals surface area contributed by atoms with E-state index in [2.05, 4.69) is 39.1 Å². The Kier molecular flexibility index (Phi) is 4.16. The molecule has 2 aliphatic rings. The predicted octanol–water partition coefficient (Wildman–Crippen LogP) is 3.72. The van der Waals surface area contributed by atoms with Crippen molar-refractivity contribution in [3.63, 3.8) is 0 Å². The van der Waals surface area contributed by atoms with Crippen molar-refractivity contribution in [1.82, 2.24) is 10.2 Å². The van der Waals surface area contributed by atoms with Gasteiger partial charge in [-0.05, 0) is 71.4 Å². The molecule has 1 aromatic rings. The van der Waals surface area contributed by atoms with Crippen molar-refractivity contribution < 1.29 is 4.39 Å². The van der Waals surface area contributed by atoms with Crippen LogP contribution in [0.5, 0.6) is 0 Å². The molecule has 2 atom stereocenters. The highest BCUT2D eigenvalue weighted by Gasteiger charge is 2.35. The van der Waals surface area contributed by atoms with Gasteiger partial charge in [-0.25, -0.2) is 4.39 Å². The maximum atomic E-state index is 13.8. The molecular formula is C16H22BrFN2. The average Bonchev–Trinajstić information content (AvgIpc) is 3.03. The molecule has 4 heteroatoms. The Hall–Kier alpha value is -0.450. The number of rotatable bonds is 3. The summed E-state index contributed by atoms with van der Waals surface area (Å²) in [6.45, 7) is 6.84. The molecule has 2 aliphatic heterocycles. The minimum absolute atomic E-state index is 0.150. The van der Waals surface area contributed by atoms with E-state index in [1.807, 2.05) is 6.07 Å². The number of hydrogen-bond donors (Lipinski definition) is 1. The summed E-state index contributed by atoms with van der Waals surface area (Å²) in [6.07, 6.45) is 3.60. The molecule has 2 heterocycles. The maximum absolute atomic E-state index is 13.8. The van der Waals surface area contributed by atoms with Gasteiger partial charge in [-0.3, -0.25) is 4.90 Å². The third-order valence-corrected chi connectivity index (χ3v) is 5.38. The van der Waals surface area contributed by atoms with Crippen molar-refractivity contribution in [1.29, 1.82) is 0 Å². The Bertz CT molecular complexity index is 485. The van der Waals surface area contributed by atoms with Crippen molar-refractivity contribution in [3.8, 4) is 0 Å². The number of benzene rings is 1. The molecule has 0 saturated carbocycles. The summed E-state index contributed by atoms with van der Waals surface area (Å²) in [7, 11) is 0. The lowest BCUT2D eigenvalue weighted by atomic mass is 9.88. The van der Waals surface area contributed by atoms with Crippen LogP contribution in [0.2, 0.25) is 0 Å². The molecular weight excluding hydrogens is 319 g/mol. The molecule has 0 aliphatic carbocycles. The monoisotopic (exact) mass is 340 g/mol. The van der Waals surface area contributed by atoms with E-state index >= 15 is 0 Å². The molecule has 3 rings (SSSR count). The van der Waals surface area contributed by atoms with Crippen LogP contribution in [0.4, 0.5) is 4.39 Å². The van der Waals surface area contributed by atoms with Gasteiger partial charge in [-0.15, -0.1) is 0 Å². The zero-order chi connectivity index (χ0) is 14.2. The highest BCUT2D eigenvalue weighted by atomic mass is 79.9. The summed E-state index contributed by atoms with van der Waals surface area (Å²) in [5.74, 6) is -0.150. The molecule has 1 aromatic carbocycles. The Morgan fingerprint density at radius 1 is 1.50 bits per heavy atom. The van der Waals surface area contributed by atoms with Gasteiger partial charge >= 0.3 is 0 Å². The molecule has 2 saturated heterocycles. The van der Waals surface area contributed by atoms with Crippen molar-refractivity contribution in [2.45, 2.75) is 32.2 Å². The maximum Gasteiger partial charge on any atom is 0.137 e. The molecule has 2 nitrogen and oxygen atoms in total. The predicted molar refractivity (Wildman–Crippen MR) is 83.2 cm³/mol. The number of nitrogens with zero attached hydrogens (tertiary/aromatic N) is 1. The van der Waals surface area contributed by atoms with Gasteiger partial charge in [0, 0.05) is 19.1 Å². The normalized spacial score (nSPS) is 31.1. The van der Waals surface area contributed by atoms with Crippen LogP contribution in [-0.2, 0) is 0 Å². The van der Waals surface area contributed by atoms with Crippen LogP contribution in [0.15, 0.2) is 22.7 Å². The fourth-order valence-electron chi connectivity index (χ4n) is 3.61. The molecule has 2 fully saturated rings. The summed E-state index contributed by atoms with van der Waals surface area (Å²) in [5, 5.41) is 3.47. The lowest BCUT2D eigenvalue weighted by Crippen LogP contribution is -2.37. The fourth-order valence-corrected chi connectivity index (χ4v) is 3.85. The molecule has 0 amide bonds. The van der Waals surface area contributed by atoms with E-state index in [9.17, 15) is 4.39 Å². The third kappa shape index (κ3) is 2.92. The molecule has 0 radical (unpaired) electrons. The van der Waals surface area contributed by atoms with Crippen LogP contribution in [0, 0.1) is 11.2 Å². The lowest BCUT2D eigenvalue weighted by molar-refractivity contribution is 0.165. The van der Waals surface area contributed by atoms with Gasteiger partial charge in [-0.2, -0.15) is 0 Å². The first-order valence-corrected chi connectivity index (χ1v) is 8.26. The largest absolute Gasteiger partial charge is 0.316 e. The highest BCUT2D eigenvalue weighted by Crippen LogP contribution is 2.37. The zero-order valence-corrected chi connectivity index (χ0v) is 13.5. The topological polar surface area (TPSA) is 15.3 Å². The summed E-state index contributed by atoms with van der Waals surface area (Å²) in [4.78, 5) is 2.55. The van der Waals surface area contributed by atoms with Gasteiger partial charge < -0.3 is 5.32 Å². The Morgan fingerprint density at radius 2 is 2.35 bits per heavy atom. The second kappa shape index (κ2) is 5.74. The number of nitrogens with one attached hydrogen (secondary N) is 1. The lowest BCUT2D eigenvalue weighted by Gasteiger charge is -2.33. The minimum Gasteiger partial charge on any atom is -0.316 e. The van der Waals surface area contributed by atoms with Crippen molar-refractivity contribution in [2.24, 2.45) is 5.41 Å². The number of likely N-dealkylation sites (tertiary alicyclic amines) is 1. The van der Waals surface area contributed by atoms with E-state index in [0.717, 1.165) is 38.2 Å². The Labute approximate surface area is 128 Å². The van der Waals surface area contributed by atoms with E-state index in [4.69, 9.17) is 0 Å². The van der Waals surface area contributed by atoms with Crippen molar-refractivity contribution in [2.75, 3.05) is 26.2 Å². The highest BCUT2D eigenvalue weighted by molar-refractivity contribution is 9.10. The van der Waals surface area contributed by atoms with Gasteiger partial charge in [0.1, 0.15) is 5.82 Å². The Morgan fingerprint density at radius 3 is 3.05 bits per heavy atom. The minimum atomic E-state index is -0.150. The second-order valence-corrected chi connectivity index (χ2v) is 7.39. The molecule has 0 bridgehead atoms. The first-order chi connectivity index (χ1) is 9.57. The molecule has 1 N–H and O–H groups in total. The van der Waals surface area contributed by atoms with E-state index in [0.29, 0.717) is 15.9 Å². The summed E-state index contributed by atoms with van der Waals surface area (Å²) < 4.78 is 14.3. The standard InChI is InChI=1S/C16H22BrFN2/c1-16(6-7-19-10-16)11-20-8-2-3-15(20)12-4-5-13(17)14(18)9-12/h4-5,9,15,19H,2-3,6-8,10-11H2,1H3. The van der Waals surface area contributed by atoms with E-state index < -0.39 is 0 Å². The summed E-state index contributed by atoms with van der Waals surface area (Å²) in [5.41, 5.74) is 1.49. The molecule has 0 spiro atoms. The zero-order valence-electron chi connectivity index (χ0n) is 12.0. The van der Waals surface area contributed by atoms with Gasteiger partial charge in [0.05, 0.1) is 4.47 Å². The second-order valence-electron chi connectivity index (χ2n) is 6.54. The van der Waals surface area contributed by atoms with Gasteiger partial charge in [0.15, 0.2) is 0 Å². The first kappa shape index (κ1) is 14.5. The molecule has 20 heavy (non-hydrogen) atoms. The van der Waals surface area contributed by atoms with E-state index in [-0.39, 0.29) is 5.82 Å². The van der Waals surface area contributed by atoms with Crippen LogP contribution in [0.25, 0.3) is 0 Å². The number of hydrogen-bond acceptors (Lipinski definition) is 2. The summed E-state index contributed by atoms with van der Waals surface area (Å²) in [6, 6.07) is 5.98. The van der Waals surface area contributed by atoms with Crippen LogP contribution < -0.4 is 5.32 Å². The SMILES string of the molecule is CC1(CN2CCCC2c2ccc(Br)c(F)c2)CCNC1. The first-order valence-electron chi connectivity index (χ1n) is 7.47. The number of halogens is 2. The summed E-state index contributed by atoms with van der Waals surface area (Å²) >= 11 is 3.24. The van der Waals surface area contributed by atoms with Gasteiger partial charge in [0.2, 0.25) is 0 Å². The Balaban J connectivity index is 1.76. The third-order valence-electron chi connectivity index (χ3n) is 4.73. The van der Waals surface area contributed by atoms with E-state index in [1.54, 1.807) is 6.07 Å². The van der Waals surface area contributed by atoms with Crippen LogP contribution >= 0.6 is 15.9 Å². The molecule has 110 valence electrons. The smallest absolute Gasteiger partial charge is 0.137 e. The average molecular weight is 341 g/mol. The van der Waals surface area contributed by atoms with Crippen LogP contribution in [0.1, 0.15) is 37.8 Å². The van der Waals surface area contributed by atoms with Gasteiger partial charge in [-0.1, -0.05) is 13.0 Å². The van der Waals surface area contributed by atoms with E-state index in [1.165, 1.54) is 12.8 Å². The van der Waals surface area contributed by atoms with Crippen molar-refractivity contribution >= 4 is 15.9 Å². The van der Waals surface area contributed by atoms with Crippen LogP contribution in [0.3, 0.4) is 0 Å². The van der Waals surface area contributed by atoms with Crippen LogP contribution in [-0.4, -0.2) is 31.1 Å².